The molecule has 0 bridgehead atoms. The minimum absolute atomic E-state index is 0.292. The van der Waals surface area contributed by atoms with E-state index in [0.29, 0.717) is 30.3 Å². The van der Waals surface area contributed by atoms with Gasteiger partial charge in [0, 0.05) is 11.6 Å². The fourth-order valence-electron chi connectivity index (χ4n) is 1.73. The largest absolute Gasteiger partial charge is 0.486 e. The molecule has 0 spiro atoms. The molecule has 110 valence electrons. The van der Waals surface area contributed by atoms with Crippen molar-refractivity contribution in [3.63, 3.8) is 0 Å². The van der Waals surface area contributed by atoms with E-state index in [4.69, 9.17) is 14.2 Å². The van der Waals surface area contributed by atoms with Gasteiger partial charge in [0.15, 0.2) is 23.9 Å². The molecule has 1 aliphatic heterocycles. The highest BCUT2D eigenvalue weighted by Crippen LogP contribution is 2.30. The van der Waals surface area contributed by atoms with E-state index in [9.17, 15) is 9.59 Å². The van der Waals surface area contributed by atoms with Crippen LogP contribution in [0, 0.1) is 0 Å². The number of ether oxygens (including phenoxy) is 3. The minimum atomic E-state index is -0.556. The monoisotopic (exact) mass is 288 g/mol. The van der Waals surface area contributed by atoms with Crippen molar-refractivity contribution in [1.82, 2.24) is 0 Å². The molecule has 5 nitrogen and oxygen atoms in total. The predicted molar refractivity (Wildman–Crippen MR) is 76.7 cm³/mol. The summed E-state index contributed by atoms with van der Waals surface area (Å²) in [7, 11) is 0. The zero-order chi connectivity index (χ0) is 15.1. The molecular formula is C16H16O5. The van der Waals surface area contributed by atoms with Gasteiger partial charge in [0.2, 0.25) is 0 Å². The molecule has 1 aliphatic rings. The topological polar surface area (TPSA) is 61.8 Å². The van der Waals surface area contributed by atoms with Gasteiger partial charge in [-0.1, -0.05) is 18.2 Å². The van der Waals surface area contributed by atoms with Crippen molar-refractivity contribution in [3.8, 4) is 11.5 Å². The zero-order valence-electron chi connectivity index (χ0n) is 11.7. The molecule has 0 saturated heterocycles. The number of esters is 1. The highest BCUT2D eigenvalue weighted by atomic mass is 16.6. The summed E-state index contributed by atoms with van der Waals surface area (Å²) in [5.41, 5.74) is 0.421. The van der Waals surface area contributed by atoms with E-state index in [2.05, 4.69) is 0 Å². The fourth-order valence-corrected chi connectivity index (χ4v) is 1.73. The van der Waals surface area contributed by atoms with Crippen molar-refractivity contribution in [2.24, 2.45) is 0 Å². The quantitative estimate of drug-likeness (QED) is 0.360. The predicted octanol–water partition coefficient (Wildman–Crippen LogP) is 2.32. The van der Waals surface area contributed by atoms with Crippen LogP contribution in [0.5, 0.6) is 11.5 Å². The first-order valence-electron chi connectivity index (χ1n) is 6.59. The maximum atomic E-state index is 12.0. The van der Waals surface area contributed by atoms with Crippen LogP contribution >= 0.6 is 0 Å². The van der Waals surface area contributed by atoms with Gasteiger partial charge in [-0.05, 0) is 25.1 Å². The molecule has 0 atom stereocenters. The normalized spacial score (nSPS) is 13.6. The molecule has 0 fully saturated rings. The van der Waals surface area contributed by atoms with Crippen LogP contribution in [0.3, 0.4) is 0 Å². The van der Waals surface area contributed by atoms with Crippen molar-refractivity contribution in [2.45, 2.75) is 6.92 Å². The Morgan fingerprint density at radius 2 is 1.95 bits per heavy atom. The third-order valence-electron chi connectivity index (χ3n) is 2.75. The van der Waals surface area contributed by atoms with Crippen LogP contribution < -0.4 is 9.47 Å². The van der Waals surface area contributed by atoms with Gasteiger partial charge in [-0.25, -0.2) is 4.79 Å². The first-order valence-corrected chi connectivity index (χ1v) is 6.59. The second-order valence-electron chi connectivity index (χ2n) is 4.27. The number of hydrogen-bond donors (Lipinski definition) is 0. The highest BCUT2D eigenvalue weighted by Gasteiger charge is 2.15. The number of fused-ring (bicyclic) bond motifs is 1. The first kappa shape index (κ1) is 14.8. The van der Waals surface area contributed by atoms with E-state index in [1.54, 1.807) is 36.4 Å². The number of carbonyl (C=O) groups is 2. The molecule has 0 unspecified atom stereocenters. The molecule has 1 heterocycles. The lowest BCUT2D eigenvalue weighted by Crippen LogP contribution is -2.17. The van der Waals surface area contributed by atoms with Crippen molar-refractivity contribution >= 4 is 11.8 Å². The maximum Gasteiger partial charge on any atom is 0.331 e. The smallest absolute Gasteiger partial charge is 0.331 e. The van der Waals surface area contributed by atoms with Crippen LogP contribution in [0.25, 0.3) is 0 Å². The Balaban J connectivity index is 1.93. The Morgan fingerprint density at radius 1 is 1.19 bits per heavy atom. The summed E-state index contributed by atoms with van der Waals surface area (Å²) in [6, 6.07) is 4.90. The molecule has 0 aromatic heterocycles. The van der Waals surface area contributed by atoms with Gasteiger partial charge in [0.1, 0.15) is 13.2 Å². The third-order valence-corrected chi connectivity index (χ3v) is 2.75. The van der Waals surface area contributed by atoms with Crippen LogP contribution in [0.4, 0.5) is 0 Å². The summed E-state index contributed by atoms with van der Waals surface area (Å²) < 4.78 is 15.6. The second-order valence-corrected chi connectivity index (χ2v) is 4.27. The molecule has 0 saturated carbocycles. The zero-order valence-corrected chi connectivity index (χ0v) is 11.7. The summed E-state index contributed by atoms with van der Waals surface area (Å²) in [5.74, 6) is 0.300. The average molecular weight is 288 g/mol. The van der Waals surface area contributed by atoms with E-state index >= 15 is 0 Å². The molecule has 21 heavy (non-hydrogen) atoms. The Bertz CT molecular complexity index is 586. The molecule has 1 aromatic carbocycles. The number of hydrogen-bond acceptors (Lipinski definition) is 5. The Labute approximate surface area is 122 Å². The summed E-state index contributed by atoms with van der Waals surface area (Å²) >= 11 is 0. The third kappa shape index (κ3) is 4.21. The lowest BCUT2D eigenvalue weighted by molar-refractivity contribution is -0.136. The van der Waals surface area contributed by atoms with Crippen molar-refractivity contribution in [3.05, 3.63) is 48.1 Å². The van der Waals surface area contributed by atoms with Crippen LogP contribution in [-0.2, 0) is 9.53 Å². The molecule has 2 rings (SSSR count). The van der Waals surface area contributed by atoms with Gasteiger partial charge >= 0.3 is 5.97 Å². The highest BCUT2D eigenvalue weighted by molar-refractivity contribution is 5.99. The maximum absolute atomic E-state index is 12.0. The van der Waals surface area contributed by atoms with Gasteiger partial charge in [-0.2, -0.15) is 0 Å². The SMILES string of the molecule is C/C=C/C=C/C(=O)OCC(=O)c1ccc2c(c1)OCCO2. The van der Waals surface area contributed by atoms with Gasteiger partial charge in [0.25, 0.3) is 0 Å². The van der Waals surface area contributed by atoms with Gasteiger partial charge < -0.3 is 14.2 Å². The van der Waals surface area contributed by atoms with E-state index in [-0.39, 0.29) is 12.4 Å². The molecule has 0 aliphatic carbocycles. The number of rotatable bonds is 5. The molecule has 1 aromatic rings. The molecule has 0 N–H and O–H groups in total. The van der Waals surface area contributed by atoms with E-state index < -0.39 is 5.97 Å². The van der Waals surface area contributed by atoms with Crippen LogP contribution in [-0.4, -0.2) is 31.6 Å². The summed E-state index contributed by atoms with van der Waals surface area (Å²) in [6.07, 6.45) is 6.29. The molecular weight excluding hydrogens is 272 g/mol. The Hall–Kier alpha value is -2.56. The first-order chi connectivity index (χ1) is 10.2. The fraction of sp³-hybridized carbons (Fsp3) is 0.250. The summed E-state index contributed by atoms with van der Waals surface area (Å²) in [6.45, 7) is 2.48. The van der Waals surface area contributed by atoms with Crippen molar-refractivity contribution in [2.75, 3.05) is 19.8 Å². The van der Waals surface area contributed by atoms with Gasteiger partial charge in [-0.3, -0.25) is 4.79 Å². The number of Topliss-reactive ketones (excluding diaryl/α,β-unsaturated/α-hetero) is 1. The van der Waals surface area contributed by atoms with E-state index in [1.165, 1.54) is 6.08 Å². The standard InChI is InChI=1S/C16H16O5/c1-2-3-4-5-16(18)21-11-13(17)12-6-7-14-15(10-12)20-9-8-19-14/h2-7,10H,8-9,11H2,1H3/b3-2+,5-4+. The molecule has 0 amide bonds. The average Bonchev–Trinajstić information content (AvgIpc) is 2.52. The Kier molecular flexibility index (Phi) is 5.15. The van der Waals surface area contributed by atoms with Crippen LogP contribution in [0.1, 0.15) is 17.3 Å². The van der Waals surface area contributed by atoms with Crippen molar-refractivity contribution < 1.29 is 23.8 Å². The number of ketones is 1. The molecule has 5 heteroatoms. The van der Waals surface area contributed by atoms with E-state index in [1.807, 2.05) is 6.92 Å². The van der Waals surface area contributed by atoms with Gasteiger partial charge in [-0.15, -0.1) is 0 Å². The molecule has 0 radical (unpaired) electrons. The van der Waals surface area contributed by atoms with E-state index in [0.717, 1.165) is 0 Å². The lowest BCUT2D eigenvalue weighted by Gasteiger charge is -2.18. The van der Waals surface area contributed by atoms with Gasteiger partial charge in [0.05, 0.1) is 0 Å². The lowest BCUT2D eigenvalue weighted by atomic mass is 10.1. The minimum Gasteiger partial charge on any atom is -0.486 e. The number of allylic oxidation sites excluding steroid dienone is 3. The Morgan fingerprint density at radius 3 is 2.71 bits per heavy atom. The summed E-state index contributed by atoms with van der Waals surface area (Å²) in [5, 5.41) is 0. The van der Waals surface area contributed by atoms with Crippen molar-refractivity contribution in [1.29, 1.82) is 0 Å². The van der Waals surface area contributed by atoms with Crippen LogP contribution in [0.15, 0.2) is 42.5 Å². The number of carbonyl (C=O) groups excluding carboxylic acids is 2. The van der Waals surface area contributed by atoms with Crippen LogP contribution in [0.2, 0.25) is 0 Å². The number of benzene rings is 1. The summed E-state index contributed by atoms with van der Waals surface area (Å²) in [4.78, 5) is 23.3. The second kappa shape index (κ2) is 7.28.